The third kappa shape index (κ3) is 3.40. The molecule has 0 amide bonds. The van der Waals surface area contributed by atoms with E-state index in [1.807, 2.05) is 0 Å². The molecule has 0 radical (unpaired) electrons. The molecule has 3 nitrogen and oxygen atoms in total. The molecular weight excluding hydrogens is 250 g/mol. The Morgan fingerprint density at radius 3 is 2.65 bits per heavy atom. The van der Waals surface area contributed by atoms with Gasteiger partial charge in [0.1, 0.15) is 6.04 Å². The van der Waals surface area contributed by atoms with Gasteiger partial charge in [-0.1, -0.05) is 44.5 Å². The molecule has 0 bridgehead atoms. The maximum atomic E-state index is 11.3. The van der Waals surface area contributed by atoms with Crippen LogP contribution in [-0.4, -0.2) is 28.6 Å². The molecule has 3 heteroatoms. The summed E-state index contributed by atoms with van der Waals surface area (Å²) >= 11 is 0. The van der Waals surface area contributed by atoms with E-state index in [0.29, 0.717) is 0 Å². The third-order valence-corrected chi connectivity index (χ3v) is 4.04. The molecule has 0 spiro atoms. The second kappa shape index (κ2) is 5.57. The Kier molecular flexibility index (Phi) is 4.19. The van der Waals surface area contributed by atoms with Crippen molar-refractivity contribution in [2.75, 3.05) is 6.54 Å². The van der Waals surface area contributed by atoms with E-state index in [4.69, 9.17) is 0 Å². The highest BCUT2D eigenvalue weighted by molar-refractivity contribution is 5.73. The molecule has 1 fully saturated rings. The maximum absolute atomic E-state index is 11.3. The molecule has 110 valence electrons. The van der Waals surface area contributed by atoms with Gasteiger partial charge in [0.2, 0.25) is 0 Å². The van der Waals surface area contributed by atoms with Crippen LogP contribution >= 0.6 is 0 Å². The summed E-state index contributed by atoms with van der Waals surface area (Å²) in [7, 11) is 0. The lowest BCUT2D eigenvalue weighted by Gasteiger charge is -2.24. The minimum absolute atomic E-state index is 0.123. The monoisotopic (exact) mass is 275 g/mol. The molecule has 1 heterocycles. The van der Waals surface area contributed by atoms with Crippen molar-refractivity contribution in [1.82, 2.24) is 4.90 Å². The Morgan fingerprint density at radius 1 is 1.35 bits per heavy atom. The number of hydrogen-bond acceptors (Lipinski definition) is 2. The van der Waals surface area contributed by atoms with Crippen molar-refractivity contribution in [2.45, 2.75) is 58.5 Å². The number of aryl methyl sites for hydroxylation is 1. The van der Waals surface area contributed by atoms with E-state index < -0.39 is 5.97 Å². The minimum Gasteiger partial charge on any atom is -0.480 e. The van der Waals surface area contributed by atoms with Crippen LogP contribution in [0.5, 0.6) is 0 Å². The normalized spacial score (nSPS) is 20.3. The van der Waals surface area contributed by atoms with E-state index in [-0.39, 0.29) is 11.5 Å². The number of aliphatic carboxylic acids is 1. The lowest BCUT2D eigenvalue weighted by molar-refractivity contribution is -0.142. The molecule has 0 aliphatic carbocycles. The summed E-state index contributed by atoms with van der Waals surface area (Å²) in [6.07, 6.45) is 1.75. The van der Waals surface area contributed by atoms with Crippen molar-refractivity contribution in [3.63, 3.8) is 0 Å². The maximum Gasteiger partial charge on any atom is 0.320 e. The van der Waals surface area contributed by atoms with Crippen LogP contribution in [0.25, 0.3) is 0 Å². The van der Waals surface area contributed by atoms with Gasteiger partial charge in [-0.25, -0.2) is 0 Å². The number of hydrogen-bond donors (Lipinski definition) is 1. The fraction of sp³-hybridized carbons (Fsp3) is 0.588. The molecule has 1 aliphatic heterocycles. The number of nitrogens with zero attached hydrogens (tertiary/aromatic N) is 1. The predicted octanol–water partition coefficient (Wildman–Crippen LogP) is 3.34. The molecule has 1 aromatic rings. The summed E-state index contributed by atoms with van der Waals surface area (Å²) in [5.41, 5.74) is 3.91. The van der Waals surface area contributed by atoms with Crippen LogP contribution in [0.2, 0.25) is 0 Å². The van der Waals surface area contributed by atoms with Crippen LogP contribution in [0.4, 0.5) is 0 Å². The first-order valence-corrected chi connectivity index (χ1v) is 7.35. The van der Waals surface area contributed by atoms with Gasteiger partial charge in [0, 0.05) is 6.54 Å². The molecule has 1 unspecified atom stereocenters. The average molecular weight is 275 g/mol. The van der Waals surface area contributed by atoms with E-state index in [9.17, 15) is 9.90 Å². The van der Waals surface area contributed by atoms with Gasteiger partial charge in [0.25, 0.3) is 0 Å². The van der Waals surface area contributed by atoms with Crippen molar-refractivity contribution >= 4 is 5.97 Å². The van der Waals surface area contributed by atoms with E-state index in [2.05, 4.69) is 50.8 Å². The molecular formula is C17H25NO2. The molecule has 1 saturated heterocycles. The van der Waals surface area contributed by atoms with Crippen LogP contribution in [0.1, 0.15) is 50.3 Å². The molecule has 1 N–H and O–H groups in total. The summed E-state index contributed by atoms with van der Waals surface area (Å²) in [6, 6.07) is 6.31. The van der Waals surface area contributed by atoms with Crippen LogP contribution in [-0.2, 0) is 16.8 Å². The number of likely N-dealkylation sites (tertiary alicyclic amines) is 1. The molecule has 0 saturated carbocycles. The molecule has 2 rings (SSSR count). The van der Waals surface area contributed by atoms with E-state index in [1.165, 1.54) is 16.7 Å². The predicted molar refractivity (Wildman–Crippen MR) is 80.9 cm³/mol. The van der Waals surface area contributed by atoms with E-state index in [0.717, 1.165) is 25.9 Å². The third-order valence-electron chi connectivity index (χ3n) is 4.04. The Balaban J connectivity index is 2.21. The zero-order valence-corrected chi connectivity index (χ0v) is 12.9. The van der Waals surface area contributed by atoms with Gasteiger partial charge in [-0.2, -0.15) is 0 Å². The Morgan fingerprint density at radius 2 is 2.05 bits per heavy atom. The molecule has 20 heavy (non-hydrogen) atoms. The lowest BCUT2D eigenvalue weighted by atomic mass is 9.85. The topological polar surface area (TPSA) is 40.5 Å². The number of benzene rings is 1. The summed E-state index contributed by atoms with van der Waals surface area (Å²) in [4.78, 5) is 13.3. The second-order valence-corrected chi connectivity index (χ2v) is 6.92. The van der Waals surface area contributed by atoms with E-state index >= 15 is 0 Å². The number of rotatable bonds is 3. The molecule has 0 aromatic heterocycles. The van der Waals surface area contributed by atoms with E-state index in [1.54, 1.807) is 0 Å². The van der Waals surface area contributed by atoms with Gasteiger partial charge < -0.3 is 5.11 Å². The van der Waals surface area contributed by atoms with Gasteiger partial charge in [-0.05, 0) is 42.9 Å². The lowest BCUT2D eigenvalue weighted by Crippen LogP contribution is -2.35. The average Bonchev–Trinajstić information content (AvgIpc) is 2.75. The van der Waals surface area contributed by atoms with Gasteiger partial charge in [0.05, 0.1) is 0 Å². The molecule has 1 atom stereocenters. The van der Waals surface area contributed by atoms with Crippen molar-refractivity contribution in [3.05, 3.63) is 34.9 Å². The summed E-state index contributed by atoms with van der Waals surface area (Å²) < 4.78 is 0. The highest BCUT2D eigenvalue weighted by Crippen LogP contribution is 2.26. The summed E-state index contributed by atoms with van der Waals surface area (Å²) in [5.74, 6) is -0.689. The fourth-order valence-electron chi connectivity index (χ4n) is 2.92. The first kappa shape index (κ1) is 15.0. The standard InChI is InChI=1S/C17H25NO2/c1-12-8-13(10-14(9-12)17(2,3)4)11-18-7-5-6-15(18)16(19)20/h8-10,15H,5-7,11H2,1-4H3,(H,19,20). The van der Waals surface area contributed by atoms with Gasteiger partial charge in [-0.3, -0.25) is 9.69 Å². The SMILES string of the molecule is Cc1cc(CN2CCCC2C(=O)O)cc(C(C)(C)C)c1. The first-order valence-electron chi connectivity index (χ1n) is 7.35. The Labute approximate surface area is 121 Å². The van der Waals surface area contributed by atoms with Crippen molar-refractivity contribution in [2.24, 2.45) is 0 Å². The number of carbonyl (C=O) groups is 1. The van der Waals surface area contributed by atoms with Crippen LogP contribution in [0, 0.1) is 6.92 Å². The number of carboxylic acids is 1. The quantitative estimate of drug-likeness (QED) is 0.919. The van der Waals surface area contributed by atoms with Crippen LogP contribution < -0.4 is 0 Å². The highest BCUT2D eigenvalue weighted by atomic mass is 16.4. The largest absolute Gasteiger partial charge is 0.480 e. The molecule has 1 aliphatic rings. The first-order chi connectivity index (χ1) is 9.27. The smallest absolute Gasteiger partial charge is 0.320 e. The second-order valence-electron chi connectivity index (χ2n) is 6.92. The van der Waals surface area contributed by atoms with Crippen molar-refractivity contribution in [1.29, 1.82) is 0 Å². The summed E-state index contributed by atoms with van der Waals surface area (Å²) in [5, 5.41) is 9.26. The number of carboxylic acid groups (broad SMARTS) is 1. The minimum atomic E-state index is -0.689. The zero-order valence-electron chi connectivity index (χ0n) is 12.9. The van der Waals surface area contributed by atoms with Gasteiger partial charge in [-0.15, -0.1) is 0 Å². The van der Waals surface area contributed by atoms with Gasteiger partial charge >= 0.3 is 5.97 Å². The van der Waals surface area contributed by atoms with Crippen LogP contribution in [0.3, 0.4) is 0 Å². The van der Waals surface area contributed by atoms with Crippen molar-refractivity contribution in [3.8, 4) is 0 Å². The Hall–Kier alpha value is -1.35. The zero-order chi connectivity index (χ0) is 14.9. The fourth-order valence-corrected chi connectivity index (χ4v) is 2.92. The highest BCUT2D eigenvalue weighted by Gasteiger charge is 2.30. The van der Waals surface area contributed by atoms with Gasteiger partial charge in [0.15, 0.2) is 0 Å². The van der Waals surface area contributed by atoms with Crippen molar-refractivity contribution < 1.29 is 9.90 Å². The summed E-state index contributed by atoms with van der Waals surface area (Å²) in [6.45, 7) is 10.4. The molecule has 1 aromatic carbocycles. The Bertz CT molecular complexity index is 502. The van der Waals surface area contributed by atoms with Crippen LogP contribution in [0.15, 0.2) is 18.2 Å².